The molecule has 0 aromatic heterocycles. The molecule has 0 fully saturated rings. The molecule has 0 saturated carbocycles. The Morgan fingerprint density at radius 3 is 2.15 bits per heavy atom. The first kappa shape index (κ1) is 15.7. The van der Waals surface area contributed by atoms with E-state index in [4.69, 9.17) is 10.5 Å². The van der Waals surface area contributed by atoms with Crippen LogP contribution in [0.4, 0.5) is 4.79 Å². The second kappa shape index (κ2) is 6.70. The van der Waals surface area contributed by atoms with Crippen molar-refractivity contribution in [2.75, 3.05) is 0 Å². The third-order valence-electron chi connectivity index (χ3n) is 2.63. The average molecular weight is 278 g/mol. The molecule has 0 saturated heterocycles. The first-order valence-electron chi connectivity index (χ1n) is 6.19. The van der Waals surface area contributed by atoms with Gasteiger partial charge in [-0.05, 0) is 25.0 Å². The lowest BCUT2D eigenvalue weighted by molar-refractivity contribution is -0.130. The second-order valence-electron chi connectivity index (χ2n) is 4.79. The Morgan fingerprint density at radius 2 is 1.70 bits per heavy atom. The van der Waals surface area contributed by atoms with Crippen molar-refractivity contribution in [2.45, 2.75) is 26.9 Å². The van der Waals surface area contributed by atoms with Gasteiger partial charge in [0.05, 0.1) is 5.56 Å². The Morgan fingerprint density at radius 1 is 1.15 bits per heavy atom. The van der Waals surface area contributed by atoms with Crippen LogP contribution in [-0.4, -0.2) is 24.0 Å². The largest absolute Gasteiger partial charge is 0.448 e. The van der Waals surface area contributed by atoms with E-state index in [0.717, 1.165) is 5.56 Å². The second-order valence-corrected chi connectivity index (χ2v) is 4.79. The number of primary amides is 1. The maximum absolute atomic E-state index is 11.9. The summed E-state index contributed by atoms with van der Waals surface area (Å²) in [5.74, 6) is -1.64. The van der Waals surface area contributed by atoms with Crippen LogP contribution >= 0.6 is 0 Å². The highest BCUT2D eigenvalue weighted by molar-refractivity contribution is 5.98. The van der Waals surface area contributed by atoms with Crippen LogP contribution in [0.25, 0.3) is 0 Å². The third kappa shape index (κ3) is 4.38. The predicted molar refractivity (Wildman–Crippen MR) is 72.9 cm³/mol. The molecule has 0 aliphatic rings. The minimum atomic E-state index is -1.07. The molecule has 3 N–H and O–H groups in total. The fourth-order valence-corrected chi connectivity index (χ4v) is 1.56. The topological polar surface area (TPSA) is 98.5 Å². The van der Waals surface area contributed by atoms with E-state index in [1.807, 2.05) is 12.2 Å². The van der Waals surface area contributed by atoms with E-state index in [-0.39, 0.29) is 5.92 Å². The molecular formula is C14H18N2O4. The van der Waals surface area contributed by atoms with E-state index < -0.39 is 24.0 Å². The van der Waals surface area contributed by atoms with Crippen LogP contribution in [-0.2, 0) is 9.53 Å². The zero-order valence-corrected chi connectivity index (χ0v) is 11.7. The highest BCUT2D eigenvalue weighted by Crippen LogP contribution is 2.12. The van der Waals surface area contributed by atoms with Crippen molar-refractivity contribution in [2.24, 2.45) is 11.7 Å². The molecular weight excluding hydrogens is 260 g/mol. The number of esters is 1. The number of nitrogens with one attached hydrogen (secondary N) is 1. The van der Waals surface area contributed by atoms with Crippen LogP contribution in [0, 0.1) is 12.8 Å². The number of benzene rings is 1. The molecule has 0 spiro atoms. The molecule has 20 heavy (non-hydrogen) atoms. The van der Waals surface area contributed by atoms with E-state index in [1.165, 1.54) is 0 Å². The highest BCUT2D eigenvalue weighted by atomic mass is 16.5. The van der Waals surface area contributed by atoms with Gasteiger partial charge in [-0.2, -0.15) is 0 Å². The maximum atomic E-state index is 11.9. The molecule has 6 nitrogen and oxygen atoms in total. The molecule has 0 bridgehead atoms. The minimum absolute atomic E-state index is 0.288. The molecule has 0 heterocycles. The Bertz CT molecular complexity index is 508. The Hall–Kier alpha value is -2.37. The smallest absolute Gasteiger partial charge is 0.338 e. The molecule has 108 valence electrons. The number of amides is 3. The first-order chi connectivity index (χ1) is 9.31. The summed E-state index contributed by atoms with van der Waals surface area (Å²) in [7, 11) is 0. The lowest BCUT2D eigenvalue weighted by Gasteiger charge is -2.19. The quantitative estimate of drug-likeness (QED) is 0.812. The van der Waals surface area contributed by atoms with Gasteiger partial charge >= 0.3 is 12.0 Å². The van der Waals surface area contributed by atoms with E-state index >= 15 is 0 Å². The summed E-state index contributed by atoms with van der Waals surface area (Å²) >= 11 is 0. The van der Waals surface area contributed by atoms with Gasteiger partial charge in [-0.3, -0.25) is 10.1 Å². The van der Waals surface area contributed by atoms with Gasteiger partial charge in [0, 0.05) is 0 Å². The summed E-state index contributed by atoms with van der Waals surface area (Å²) in [5.41, 5.74) is 6.23. The number of rotatable bonds is 4. The van der Waals surface area contributed by atoms with Crippen molar-refractivity contribution < 1.29 is 19.1 Å². The summed E-state index contributed by atoms with van der Waals surface area (Å²) in [6, 6.07) is 5.78. The molecule has 1 rings (SSSR count). The van der Waals surface area contributed by atoms with Crippen LogP contribution in [0.2, 0.25) is 0 Å². The Balaban J connectivity index is 2.80. The first-order valence-corrected chi connectivity index (χ1v) is 6.19. The standard InChI is InChI=1S/C14H18N2O4/c1-8(2)11(12(17)16-14(15)19)20-13(18)10-6-4-9(3)5-7-10/h4-8,11H,1-3H3,(H3,15,16,17,19)/t11-/m1/s1. The zero-order chi connectivity index (χ0) is 15.3. The molecule has 3 amide bonds. The fraction of sp³-hybridized carbons (Fsp3) is 0.357. The van der Waals surface area contributed by atoms with Gasteiger partial charge in [0.15, 0.2) is 6.10 Å². The lowest BCUT2D eigenvalue weighted by Crippen LogP contribution is -2.45. The summed E-state index contributed by atoms with van der Waals surface area (Å²) in [6.07, 6.45) is -1.07. The zero-order valence-electron chi connectivity index (χ0n) is 11.7. The molecule has 0 aliphatic carbocycles. The van der Waals surface area contributed by atoms with Gasteiger partial charge in [-0.25, -0.2) is 9.59 Å². The van der Waals surface area contributed by atoms with Gasteiger partial charge in [0.2, 0.25) is 0 Å². The molecule has 6 heteroatoms. The number of aryl methyl sites for hydroxylation is 1. The minimum Gasteiger partial charge on any atom is -0.448 e. The van der Waals surface area contributed by atoms with Gasteiger partial charge in [0.1, 0.15) is 0 Å². The van der Waals surface area contributed by atoms with E-state index in [1.54, 1.807) is 38.1 Å². The lowest BCUT2D eigenvalue weighted by atomic mass is 10.1. The summed E-state index contributed by atoms with van der Waals surface area (Å²) < 4.78 is 5.14. The van der Waals surface area contributed by atoms with Crippen molar-refractivity contribution in [1.82, 2.24) is 5.32 Å². The van der Waals surface area contributed by atoms with Gasteiger partial charge in [0.25, 0.3) is 5.91 Å². The molecule has 1 atom stereocenters. The van der Waals surface area contributed by atoms with Crippen LogP contribution in [0.15, 0.2) is 24.3 Å². The normalized spacial score (nSPS) is 11.8. The number of hydrogen-bond donors (Lipinski definition) is 2. The number of carbonyl (C=O) groups excluding carboxylic acids is 3. The van der Waals surface area contributed by atoms with Crippen LogP contribution in [0.1, 0.15) is 29.8 Å². The van der Waals surface area contributed by atoms with Gasteiger partial charge in [-0.1, -0.05) is 31.5 Å². The Labute approximate surface area is 117 Å². The number of nitrogens with two attached hydrogens (primary N) is 1. The van der Waals surface area contributed by atoms with E-state index in [0.29, 0.717) is 5.56 Å². The van der Waals surface area contributed by atoms with E-state index in [9.17, 15) is 14.4 Å². The Kier molecular flexibility index (Phi) is 5.25. The summed E-state index contributed by atoms with van der Waals surface area (Å²) in [4.78, 5) is 34.3. The number of carbonyl (C=O) groups is 3. The number of urea groups is 1. The SMILES string of the molecule is Cc1ccc(C(=O)O[C@@H](C(=O)NC(N)=O)C(C)C)cc1. The summed E-state index contributed by atoms with van der Waals surface area (Å²) in [5, 5.41) is 1.91. The van der Waals surface area contributed by atoms with Crippen molar-refractivity contribution in [3.8, 4) is 0 Å². The van der Waals surface area contributed by atoms with Gasteiger partial charge < -0.3 is 10.5 Å². The highest BCUT2D eigenvalue weighted by Gasteiger charge is 2.27. The maximum Gasteiger partial charge on any atom is 0.338 e. The molecule has 1 aromatic rings. The molecule has 1 aromatic carbocycles. The molecule has 0 unspecified atom stereocenters. The van der Waals surface area contributed by atoms with Crippen LogP contribution < -0.4 is 11.1 Å². The average Bonchev–Trinajstić information content (AvgIpc) is 2.35. The van der Waals surface area contributed by atoms with Crippen molar-refractivity contribution in [1.29, 1.82) is 0 Å². The summed E-state index contributed by atoms with van der Waals surface area (Å²) in [6.45, 7) is 5.30. The van der Waals surface area contributed by atoms with Crippen LogP contribution in [0.5, 0.6) is 0 Å². The van der Waals surface area contributed by atoms with E-state index in [2.05, 4.69) is 0 Å². The third-order valence-corrected chi connectivity index (χ3v) is 2.63. The monoisotopic (exact) mass is 278 g/mol. The predicted octanol–water partition coefficient (Wildman–Crippen LogP) is 1.37. The number of imide groups is 1. The van der Waals surface area contributed by atoms with Crippen molar-refractivity contribution >= 4 is 17.9 Å². The number of ether oxygens (including phenoxy) is 1. The van der Waals surface area contributed by atoms with Gasteiger partial charge in [-0.15, -0.1) is 0 Å². The molecule has 0 radical (unpaired) electrons. The molecule has 0 aliphatic heterocycles. The van der Waals surface area contributed by atoms with Crippen molar-refractivity contribution in [3.05, 3.63) is 35.4 Å². The number of hydrogen-bond acceptors (Lipinski definition) is 4. The van der Waals surface area contributed by atoms with Crippen LogP contribution in [0.3, 0.4) is 0 Å². The van der Waals surface area contributed by atoms with Crippen molar-refractivity contribution in [3.63, 3.8) is 0 Å². The fourth-order valence-electron chi connectivity index (χ4n) is 1.56.